The Morgan fingerprint density at radius 1 is 1.14 bits per heavy atom. The predicted molar refractivity (Wildman–Crippen MR) is 102 cm³/mol. The molecule has 158 valence electrons. The molecule has 1 aliphatic heterocycles. The van der Waals surface area contributed by atoms with Gasteiger partial charge in [-0.3, -0.25) is 4.79 Å². The third kappa shape index (κ3) is 6.12. The van der Waals surface area contributed by atoms with E-state index >= 15 is 0 Å². The van der Waals surface area contributed by atoms with Crippen LogP contribution in [0.25, 0.3) is 0 Å². The van der Waals surface area contributed by atoms with Crippen LogP contribution in [0, 0.1) is 11.8 Å². The zero-order valence-corrected chi connectivity index (χ0v) is 17.6. The molecule has 1 N–H and O–H groups in total. The van der Waals surface area contributed by atoms with Crippen LogP contribution in [-0.4, -0.2) is 43.3 Å². The molecule has 1 heterocycles. The van der Waals surface area contributed by atoms with Crippen molar-refractivity contribution in [1.82, 2.24) is 9.62 Å². The first kappa shape index (κ1) is 23.0. The molecule has 0 bridgehead atoms. The highest BCUT2D eigenvalue weighted by Gasteiger charge is 2.33. The van der Waals surface area contributed by atoms with Gasteiger partial charge in [-0.1, -0.05) is 13.8 Å². The zero-order valence-electron chi connectivity index (χ0n) is 16.0. The summed E-state index contributed by atoms with van der Waals surface area (Å²) in [7, 11) is -3.80. The minimum absolute atomic E-state index is 0.0438. The van der Waals surface area contributed by atoms with E-state index in [0.29, 0.717) is 18.8 Å². The van der Waals surface area contributed by atoms with Gasteiger partial charge in [0.05, 0.1) is 4.90 Å². The molecule has 0 aliphatic carbocycles. The van der Waals surface area contributed by atoms with Crippen molar-refractivity contribution in [3.05, 3.63) is 24.3 Å². The Balaban J connectivity index is 1.98. The number of hydrogen-bond acceptors (Lipinski definition) is 4. The number of hydrogen-bond donors (Lipinski definition) is 1. The third-order valence-electron chi connectivity index (χ3n) is 4.89. The van der Waals surface area contributed by atoms with Crippen LogP contribution in [0.2, 0.25) is 0 Å². The molecule has 5 nitrogen and oxygen atoms in total. The van der Waals surface area contributed by atoms with Crippen LogP contribution in [0.15, 0.2) is 34.1 Å². The van der Waals surface area contributed by atoms with Gasteiger partial charge in [0.15, 0.2) is 0 Å². The molecule has 1 aromatic rings. The van der Waals surface area contributed by atoms with Gasteiger partial charge in [0.25, 0.3) is 0 Å². The van der Waals surface area contributed by atoms with E-state index in [1.54, 1.807) is 0 Å². The molecule has 1 aromatic carbocycles. The van der Waals surface area contributed by atoms with Gasteiger partial charge in [-0.2, -0.15) is 17.5 Å². The topological polar surface area (TPSA) is 66.5 Å². The lowest BCUT2D eigenvalue weighted by atomic mass is 9.96. The van der Waals surface area contributed by atoms with Crippen molar-refractivity contribution in [2.24, 2.45) is 11.8 Å². The molecule has 1 fully saturated rings. The molecular weight excluding hydrogens is 413 g/mol. The average molecular weight is 439 g/mol. The quantitative estimate of drug-likeness (QED) is 0.685. The first-order chi connectivity index (χ1) is 12.9. The van der Waals surface area contributed by atoms with Crippen molar-refractivity contribution in [3.8, 4) is 0 Å². The maximum Gasteiger partial charge on any atom is 0.446 e. The number of sulfonamides is 1. The summed E-state index contributed by atoms with van der Waals surface area (Å²) in [6.45, 7) is 6.37. The summed E-state index contributed by atoms with van der Waals surface area (Å²) in [5.41, 5.74) is -4.42. The fourth-order valence-electron chi connectivity index (χ4n) is 2.83. The Morgan fingerprint density at radius 3 is 2.14 bits per heavy atom. The first-order valence-corrected chi connectivity index (χ1v) is 11.3. The summed E-state index contributed by atoms with van der Waals surface area (Å²) < 4.78 is 63.9. The van der Waals surface area contributed by atoms with Gasteiger partial charge in [-0.05, 0) is 61.7 Å². The van der Waals surface area contributed by atoms with Gasteiger partial charge >= 0.3 is 5.51 Å². The average Bonchev–Trinajstić information content (AvgIpc) is 2.60. The van der Waals surface area contributed by atoms with Gasteiger partial charge in [0, 0.05) is 29.9 Å². The summed E-state index contributed by atoms with van der Waals surface area (Å²) in [5.74, 6) is 0.00730. The van der Waals surface area contributed by atoms with E-state index in [4.69, 9.17) is 0 Å². The van der Waals surface area contributed by atoms with Crippen molar-refractivity contribution in [3.63, 3.8) is 0 Å². The molecule has 0 aromatic heterocycles. The monoisotopic (exact) mass is 438 g/mol. The number of nitrogens with one attached hydrogen (secondary N) is 1. The number of piperidine rings is 1. The second-order valence-corrected chi connectivity index (χ2v) is 10.3. The van der Waals surface area contributed by atoms with Crippen LogP contribution in [0.4, 0.5) is 13.2 Å². The van der Waals surface area contributed by atoms with Crippen molar-refractivity contribution >= 4 is 27.7 Å². The van der Waals surface area contributed by atoms with Crippen LogP contribution in [0.1, 0.15) is 33.6 Å². The Labute approximate surface area is 168 Å². The van der Waals surface area contributed by atoms with Crippen LogP contribution < -0.4 is 5.32 Å². The van der Waals surface area contributed by atoms with E-state index in [-0.39, 0.29) is 52.5 Å². The van der Waals surface area contributed by atoms with Crippen molar-refractivity contribution < 1.29 is 26.4 Å². The highest BCUT2D eigenvalue weighted by molar-refractivity contribution is 8.00. The lowest BCUT2D eigenvalue weighted by molar-refractivity contribution is -0.127. The van der Waals surface area contributed by atoms with Crippen molar-refractivity contribution in [1.29, 1.82) is 0 Å². The summed E-state index contributed by atoms with van der Waals surface area (Å²) >= 11 is -0.287. The Bertz CT molecular complexity index is 772. The fourth-order valence-corrected chi connectivity index (χ4v) is 4.84. The number of rotatable bonds is 6. The minimum atomic E-state index is -4.42. The van der Waals surface area contributed by atoms with Gasteiger partial charge in [0.2, 0.25) is 15.9 Å². The van der Waals surface area contributed by atoms with Gasteiger partial charge in [-0.15, -0.1) is 0 Å². The van der Waals surface area contributed by atoms with Gasteiger partial charge in [0.1, 0.15) is 0 Å². The number of carbonyl (C=O) groups excluding carboxylic acids is 1. The van der Waals surface area contributed by atoms with E-state index in [2.05, 4.69) is 5.32 Å². The molecule has 0 saturated carbocycles. The predicted octanol–water partition coefficient (Wildman–Crippen LogP) is 3.86. The van der Waals surface area contributed by atoms with Gasteiger partial charge < -0.3 is 5.32 Å². The lowest BCUT2D eigenvalue weighted by Gasteiger charge is -2.31. The molecule has 1 amide bonds. The molecule has 1 atom stereocenters. The van der Waals surface area contributed by atoms with Crippen LogP contribution in [0.5, 0.6) is 0 Å². The van der Waals surface area contributed by atoms with E-state index in [9.17, 15) is 26.4 Å². The van der Waals surface area contributed by atoms with E-state index in [0.717, 1.165) is 12.1 Å². The second kappa shape index (κ2) is 9.04. The number of amides is 1. The van der Waals surface area contributed by atoms with Crippen LogP contribution in [-0.2, 0) is 14.8 Å². The zero-order chi connectivity index (χ0) is 21.1. The molecule has 0 radical (unpaired) electrons. The second-order valence-electron chi connectivity index (χ2n) is 7.24. The lowest BCUT2D eigenvalue weighted by Crippen LogP contribution is -2.45. The normalized spacial score (nSPS) is 18.2. The van der Waals surface area contributed by atoms with E-state index in [1.165, 1.54) is 16.4 Å². The smallest absolute Gasteiger partial charge is 0.353 e. The standard InChI is InChI=1S/C18H25F3N2O3S2/c1-12(2)13(3)22-17(24)14-8-10-23(11-9-14)28(25,26)16-6-4-15(5-7-16)27-18(19,20)21/h4-7,12-14H,8-11H2,1-3H3,(H,22,24). The first-order valence-electron chi connectivity index (χ1n) is 9.06. The number of nitrogens with zero attached hydrogens (tertiary/aromatic N) is 1. The van der Waals surface area contributed by atoms with E-state index < -0.39 is 15.5 Å². The summed E-state index contributed by atoms with van der Waals surface area (Å²) in [6, 6.07) is 4.72. The molecular formula is C18H25F3N2O3S2. The Kier molecular flexibility index (Phi) is 7.44. The Morgan fingerprint density at radius 2 is 1.68 bits per heavy atom. The number of halogens is 3. The number of alkyl halides is 3. The highest BCUT2D eigenvalue weighted by atomic mass is 32.2. The molecule has 10 heteroatoms. The van der Waals surface area contributed by atoms with Gasteiger partial charge in [-0.25, -0.2) is 8.42 Å². The SMILES string of the molecule is CC(C)C(C)NC(=O)C1CCN(S(=O)(=O)c2ccc(SC(F)(F)F)cc2)CC1. The van der Waals surface area contributed by atoms with Crippen molar-refractivity contribution in [2.75, 3.05) is 13.1 Å². The maximum absolute atomic E-state index is 12.7. The molecule has 1 unspecified atom stereocenters. The number of thioether (sulfide) groups is 1. The number of carbonyl (C=O) groups is 1. The molecule has 2 rings (SSSR count). The summed E-state index contributed by atoms with van der Waals surface area (Å²) in [6.07, 6.45) is 0.829. The van der Waals surface area contributed by atoms with Crippen molar-refractivity contribution in [2.45, 2.75) is 55.0 Å². The summed E-state index contributed by atoms with van der Waals surface area (Å²) in [4.78, 5) is 12.2. The van der Waals surface area contributed by atoms with Crippen LogP contribution in [0.3, 0.4) is 0 Å². The molecule has 1 aliphatic rings. The minimum Gasteiger partial charge on any atom is -0.353 e. The fraction of sp³-hybridized carbons (Fsp3) is 0.611. The van der Waals surface area contributed by atoms with E-state index in [1.807, 2.05) is 20.8 Å². The molecule has 0 spiro atoms. The largest absolute Gasteiger partial charge is 0.446 e. The third-order valence-corrected chi connectivity index (χ3v) is 7.54. The molecule has 1 saturated heterocycles. The maximum atomic E-state index is 12.7. The van der Waals surface area contributed by atoms with Crippen LogP contribution >= 0.6 is 11.8 Å². The number of benzene rings is 1. The summed E-state index contributed by atoms with van der Waals surface area (Å²) in [5, 5.41) is 2.96. The molecule has 28 heavy (non-hydrogen) atoms. The highest BCUT2D eigenvalue weighted by Crippen LogP contribution is 2.37. The Hall–Kier alpha value is -1.26.